The van der Waals surface area contributed by atoms with Gasteiger partial charge in [-0.3, -0.25) is 24.0 Å². The van der Waals surface area contributed by atoms with Crippen molar-refractivity contribution in [2.75, 3.05) is 13.7 Å². The number of hydrogen-bond donors (Lipinski definition) is 3. The lowest BCUT2D eigenvalue weighted by molar-refractivity contribution is -0.147. The lowest BCUT2D eigenvalue weighted by atomic mass is 9.93. The van der Waals surface area contributed by atoms with Crippen LogP contribution in [0.25, 0.3) is 10.9 Å². The first-order chi connectivity index (χ1) is 21.7. The molecule has 0 saturated carbocycles. The fourth-order valence-electron chi connectivity index (χ4n) is 6.38. The van der Waals surface area contributed by atoms with Gasteiger partial charge in [0, 0.05) is 31.2 Å². The number of nitrogens with one attached hydrogen (secondary N) is 3. The van der Waals surface area contributed by atoms with Gasteiger partial charge in [0.1, 0.15) is 37.1 Å². The number of para-hydroxylation sites is 1. The monoisotopic (exact) mass is 623 g/mol. The number of unbranched alkanes of at least 4 members (excludes halogenated alkanes) is 2. The summed E-state index contributed by atoms with van der Waals surface area (Å²) in [5, 5.41) is 9.76. The summed E-state index contributed by atoms with van der Waals surface area (Å²) in [6.45, 7) is 6.13. The molecule has 2 aromatic rings. The van der Waals surface area contributed by atoms with Crippen molar-refractivity contribution in [3.63, 3.8) is 0 Å². The van der Waals surface area contributed by atoms with E-state index < -0.39 is 36.0 Å². The topological polar surface area (TPSA) is 139 Å². The second-order valence-corrected chi connectivity index (χ2v) is 12.4. The number of carbonyl (C=O) groups is 5. The zero-order valence-corrected chi connectivity index (χ0v) is 27.1. The maximum Gasteiger partial charge on any atom is 0.246 e. The molecule has 3 heterocycles. The standard InChI is InChI=1S/C34H49N5O6/c1-5-22(3)30-34(44)38-19-13-12-18-29(38)33(43)35-26(16-9-7-8-15-25(40)6-2)31(41)36-27(32(42)37-30)21-24-20-23-14-10-11-17-28(23)39(24)45-4/h10-11,14,17,20,22,26-27,29-30H,5-9,12-13,15-16,18-19,21H2,1-4H3,(H,35,43)(H,36,41)(H,37,42)/t22-,26-,27-,29+,30-/m0/s1. The summed E-state index contributed by atoms with van der Waals surface area (Å²) in [6, 6.07) is 6.10. The zero-order valence-electron chi connectivity index (χ0n) is 27.1. The Labute approximate surface area is 265 Å². The molecule has 4 rings (SSSR count). The first-order valence-electron chi connectivity index (χ1n) is 16.6. The Morgan fingerprint density at radius 3 is 2.42 bits per heavy atom. The van der Waals surface area contributed by atoms with Crippen LogP contribution in [0.2, 0.25) is 0 Å². The van der Waals surface area contributed by atoms with Gasteiger partial charge in [-0.15, -0.1) is 0 Å². The van der Waals surface area contributed by atoms with E-state index in [4.69, 9.17) is 4.84 Å². The number of amides is 4. The van der Waals surface area contributed by atoms with Crippen molar-refractivity contribution >= 4 is 40.3 Å². The van der Waals surface area contributed by atoms with E-state index in [9.17, 15) is 24.0 Å². The molecule has 11 nitrogen and oxygen atoms in total. The number of carbonyl (C=O) groups excluding carboxylic acids is 5. The minimum Gasteiger partial charge on any atom is -0.417 e. The van der Waals surface area contributed by atoms with Crippen molar-refractivity contribution in [3.8, 4) is 0 Å². The van der Waals surface area contributed by atoms with E-state index in [1.54, 1.807) is 16.7 Å². The van der Waals surface area contributed by atoms with Crippen LogP contribution in [0.3, 0.4) is 0 Å². The summed E-state index contributed by atoms with van der Waals surface area (Å²) in [4.78, 5) is 74.7. The van der Waals surface area contributed by atoms with E-state index in [2.05, 4.69) is 16.0 Å². The van der Waals surface area contributed by atoms with Gasteiger partial charge < -0.3 is 25.7 Å². The smallest absolute Gasteiger partial charge is 0.246 e. The van der Waals surface area contributed by atoms with Crippen molar-refractivity contribution < 1.29 is 28.8 Å². The van der Waals surface area contributed by atoms with E-state index in [1.165, 1.54) is 0 Å². The Morgan fingerprint density at radius 1 is 0.956 bits per heavy atom. The molecule has 246 valence electrons. The minimum absolute atomic E-state index is 0.105. The summed E-state index contributed by atoms with van der Waals surface area (Å²) >= 11 is 0. The van der Waals surface area contributed by atoms with Crippen molar-refractivity contribution in [1.82, 2.24) is 25.6 Å². The van der Waals surface area contributed by atoms with Crippen molar-refractivity contribution in [2.24, 2.45) is 5.92 Å². The second-order valence-electron chi connectivity index (χ2n) is 12.4. The Hall–Kier alpha value is -3.89. The van der Waals surface area contributed by atoms with Gasteiger partial charge in [-0.25, -0.2) is 0 Å². The molecule has 0 spiro atoms. The van der Waals surface area contributed by atoms with Gasteiger partial charge in [0.25, 0.3) is 0 Å². The van der Waals surface area contributed by atoms with Gasteiger partial charge in [0.2, 0.25) is 23.6 Å². The number of nitrogens with zero attached hydrogens (tertiary/aromatic N) is 2. The molecule has 5 atom stereocenters. The third-order valence-electron chi connectivity index (χ3n) is 9.31. The van der Waals surface area contributed by atoms with Crippen LogP contribution in [0.4, 0.5) is 0 Å². The number of piperidine rings is 1. The largest absolute Gasteiger partial charge is 0.417 e. The highest BCUT2D eigenvalue weighted by Crippen LogP contribution is 2.23. The Morgan fingerprint density at radius 2 is 1.69 bits per heavy atom. The average molecular weight is 624 g/mol. The van der Waals surface area contributed by atoms with Gasteiger partial charge in [0.05, 0.1) is 11.2 Å². The van der Waals surface area contributed by atoms with Gasteiger partial charge in [0.15, 0.2) is 0 Å². The molecule has 2 aliphatic rings. The molecule has 0 bridgehead atoms. The van der Waals surface area contributed by atoms with Gasteiger partial charge in [-0.2, -0.15) is 4.73 Å². The first kappa shape index (κ1) is 34.0. The molecule has 4 amide bonds. The number of rotatable bonds is 12. The number of ketones is 1. The average Bonchev–Trinajstić information content (AvgIpc) is 3.41. The highest BCUT2D eigenvalue weighted by molar-refractivity contribution is 5.98. The summed E-state index contributed by atoms with van der Waals surface area (Å²) in [6.07, 6.45) is 6.20. The number of Topliss-reactive ketones (excluding diaryl/α,β-unsaturated/α-hetero) is 1. The van der Waals surface area contributed by atoms with Crippen molar-refractivity contribution in [3.05, 3.63) is 36.0 Å². The Kier molecular flexibility index (Phi) is 12.0. The lowest BCUT2D eigenvalue weighted by Crippen LogP contribution is -2.64. The number of hydrogen-bond acceptors (Lipinski definition) is 6. The fraction of sp³-hybridized carbons (Fsp3) is 0.618. The van der Waals surface area contributed by atoms with Gasteiger partial charge >= 0.3 is 0 Å². The summed E-state index contributed by atoms with van der Waals surface area (Å²) in [5.41, 5.74) is 1.50. The highest BCUT2D eigenvalue weighted by atomic mass is 16.6. The van der Waals surface area contributed by atoms with Crippen LogP contribution in [0.5, 0.6) is 0 Å². The number of fused-ring (bicyclic) bond motifs is 2. The molecule has 11 heteroatoms. The molecular weight excluding hydrogens is 574 g/mol. The Bertz CT molecular complexity index is 1370. The molecule has 2 fully saturated rings. The van der Waals surface area contributed by atoms with Crippen molar-refractivity contribution in [2.45, 2.75) is 116 Å². The minimum atomic E-state index is -1.03. The lowest BCUT2D eigenvalue weighted by Gasteiger charge is -2.39. The third kappa shape index (κ3) is 8.23. The maximum absolute atomic E-state index is 14.0. The summed E-state index contributed by atoms with van der Waals surface area (Å²) in [7, 11) is 1.54. The van der Waals surface area contributed by atoms with Crippen LogP contribution in [0, 0.1) is 5.92 Å². The summed E-state index contributed by atoms with van der Waals surface area (Å²) < 4.78 is 1.64. The molecule has 1 aromatic carbocycles. The van der Waals surface area contributed by atoms with E-state index in [0.29, 0.717) is 57.2 Å². The molecule has 0 aliphatic carbocycles. The van der Waals surface area contributed by atoms with Crippen molar-refractivity contribution in [1.29, 1.82) is 0 Å². The third-order valence-corrected chi connectivity index (χ3v) is 9.31. The Balaban J connectivity index is 1.66. The molecule has 3 N–H and O–H groups in total. The van der Waals surface area contributed by atoms with Gasteiger partial charge in [-0.05, 0) is 50.2 Å². The quantitative estimate of drug-likeness (QED) is 0.311. The molecular formula is C34H49N5O6. The molecule has 2 saturated heterocycles. The second kappa shape index (κ2) is 15.9. The van der Waals surface area contributed by atoms with E-state index in [0.717, 1.165) is 30.2 Å². The molecule has 1 aromatic heterocycles. The predicted molar refractivity (Wildman–Crippen MR) is 171 cm³/mol. The SMILES string of the molecule is CCC(=O)CCCCC[C@@H]1NC(=O)[C@H]2CCCCN2C(=O)[C@H]([C@@H](C)CC)NC(=O)[C@H](Cc2cc3ccccc3n2OC)NC1=O. The summed E-state index contributed by atoms with van der Waals surface area (Å²) in [5.74, 6) is -1.53. The maximum atomic E-state index is 14.0. The number of aromatic nitrogens is 1. The number of benzene rings is 1. The van der Waals surface area contributed by atoms with Gasteiger partial charge in [-0.1, -0.05) is 58.2 Å². The van der Waals surface area contributed by atoms with Crippen LogP contribution in [0.15, 0.2) is 30.3 Å². The zero-order chi connectivity index (χ0) is 32.5. The van der Waals surface area contributed by atoms with Crippen LogP contribution >= 0.6 is 0 Å². The molecule has 2 aliphatic heterocycles. The molecule has 45 heavy (non-hydrogen) atoms. The molecule has 0 radical (unpaired) electrons. The predicted octanol–water partition coefficient (Wildman–Crippen LogP) is 3.07. The molecule has 0 unspecified atom stereocenters. The van der Waals surface area contributed by atoms with Crippen LogP contribution in [-0.2, 0) is 30.4 Å². The van der Waals surface area contributed by atoms with Crippen LogP contribution < -0.4 is 20.8 Å². The fourth-order valence-corrected chi connectivity index (χ4v) is 6.38. The van der Waals surface area contributed by atoms with E-state index >= 15 is 0 Å². The van der Waals surface area contributed by atoms with E-state index in [-0.39, 0.29) is 29.9 Å². The first-order valence-corrected chi connectivity index (χ1v) is 16.6. The van der Waals surface area contributed by atoms with Crippen LogP contribution in [0.1, 0.15) is 90.7 Å². The van der Waals surface area contributed by atoms with E-state index in [1.807, 2.05) is 51.1 Å². The van der Waals surface area contributed by atoms with Crippen LogP contribution in [-0.4, -0.2) is 76.9 Å². The normalized spacial score (nSPS) is 23.7. The highest BCUT2D eigenvalue weighted by Gasteiger charge is 2.41.